The maximum absolute atomic E-state index is 13.0. The van der Waals surface area contributed by atoms with E-state index in [4.69, 9.17) is 0 Å². The lowest BCUT2D eigenvalue weighted by atomic mass is 10.1. The highest BCUT2D eigenvalue weighted by Gasteiger charge is 2.25. The maximum atomic E-state index is 13.0. The number of thioether (sulfide) groups is 1. The highest BCUT2D eigenvalue weighted by atomic mass is 32.2. The molecule has 0 aliphatic carbocycles. The largest absolute Gasteiger partial charge is 0.354 e. The minimum Gasteiger partial charge on any atom is -0.354 e. The molecule has 29 heavy (non-hydrogen) atoms. The number of nitrogens with one attached hydrogen (secondary N) is 1. The number of benzene rings is 2. The average Bonchev–Trinajstić information content (AvgIpc) is 2.72. The van der Waals surface area contributed by atoms with Crippen molar-refractivity contribution in [2.24, 2.45) is 0 Å². The van der Waals surface area contributed by atoms with E-state index in [0.717, 1.165) is 16.9 Å². The molecule has 2 aromatic rings. The van der Waals surface area contributed by atoms with Crippen LogP contribution in [0.5, 0.6) is 0 Å². The Morgan fingerprint density at radius 3 is 2.17 bits per heavy atom. The van der Waals surface area contributed by atoms with Gasteiger partial charge >= 0.3 is 0 Å². The summed E-state index contributed by atoms with van der Waals surface area (Å²) in [6.45, 7) is 8.99. The van der Waals surface area contributed by atoms with Crippen LogP contribution in [-0.4, -0.2) is 35.1 Å². The lowest BCUT2D eigenvalue weighted by Gasteiger charge is -2.29. The summed E-state index contributed by atoms with van der Waals surface area (Å²) in [4.78, 5) is 28.4. The normalized spacial score (nSPS) is 11.7. The van der Waals surface area contributed by atoms with Gasteiger partial charge in [-0.15, -0.1) is 11.8 Å². The minimum absolute atomic E-state index is 0.00401. The Hall–Kier alpha value is -2.27. The Morgan fingerprint density at radius 1 is 1.00 bits per heavy atom. The van der Waals surface area contributed by atoms with Crippen LogP contribution in [0.3, 0.4) is 0 Å². The van der Waals surface area contributed by atoms with Crippen molar-refractivity contribution in [3.63, 3.8) is 0 Å². The summed E-state index contributed by atoms with van der Waals surface area (Å²) < 4.78 is 0. The predicted octanol–water partition coefficient (Wildman–Crippen LogP) is 4.73. The van der Waals surface area contributed by atoms with Gasteiger partial charge in [0.2, 0.25) is 11.8 Å². The van der Waals surface area contributed by atoms with E-state index < -0.39 is 6.04 Å². The summed E-state index contributed by atoms with van der Waals surface area (Å²) in [7, 11) is 0. The van der Waals surface area contributed by atoms with E-state index in [0.29, 0.717) is 25.3 Å². The summed E-state index contributed by atoms with van der Waals surface area (Å²) in [6.07, 6.45) is 1.27. The van der Waals surface area contributed by atoms with Crippen molar-refractivity contribution >= 4 is 23.6 Å². The smallest absolute Gasteiger partial charge is 0.242 e. The average molecular weight is 413 g/mol. The fourth-order valence-electron chi connectivity index (χ4n) is 2.90. The van der Waals surface area contributed by atoms with Crippen LogP contribution < -0.4 is 5.32 Å². The first-order valence-corrected chi connectivity index (χ1v) is 11.2. The number of amides is 2. The highest BCUT2D eigenvalue weighted by molar-refractivity contribution is 7.99. The lowest BCUT2D eigenvalue weighted by molar-refractivity contribution is -0.140. The molecule has 2 aromatic carbocycles. The van der Waals surface area contributed by atoms with Gasteiger partial charge in [0.1, 0.15) is 6.04 Å². The van der Waals surface area contributed by atoms with Gasteiger partial charge in [-0.05, 0) is 44.9 Å². The SMILES string of the molecule is CCCNC(=O)[C@H](C)N(Cc1ccc(C)cc1)C(=O)CCSc1ccc(C)cc1. The molecule has 2 rings (SSSR count). The van der Waals surface area contributed by atoms with Gasteiger partial charge < -0.3 is 10.2 Å². The van der Waals surface area contributed by atoms with Crippen molar-refractivity contribution in [1.82, 2.24) is 10.2 Å². The van der Waals surface area contributed by atoms with Crippen molar-refractivity contribution < 1.29 is 9.59 Å². The first-order chi connectivity index (χ1) is 13.9. The molecule has 0 saturated carbocycles. The lowest BCUT2D eigenvalue weighted by Crippen LogP contribution is -2.47. The van der Waals surface area contributed by atoms with E-state index in [9.17, 15) is 9.59 Å². The van der Waals surface area contributed by atoms with Gasteiger partial charge in [0, 0.05) is 30.2 Å². The second-order valence-electron chi connectivity index (χ2n) is 7.39. The van der Waals surface area contributed by atoms with Gasteiger partial charge in [0.15, 0.2) is 0 Å². The molecule has 0 heterocycles. The van der Waals surface area contributed by atoms with Gasteiger partial charge in [0.05, 0.1) is 0 Å². The predicted molar refractivity (Wildman–Crippen MR) is 121 cm³/mol. The topological polar surface area (TPSA) is 49.4 Å². The zero-order valence-corrected chi connectivity index (χ0v) is 18.7. The summed E-state index contributed by atoms with van der Waals surface area (Å²) in [5, 5.41) is 2.91. The monoisotopic (exact) mass is 412 g/mol. The third-order valence-electron chi connectivity index (χ3n) is 4.80. The molecule has 0 aliphatic heterocycles. The van der Waals surface area contributed by atoms with E-state index >= 15 is 0 Å². The molecule has 0 unspecified atom stereocenters. The first kappa shape index (κ1) is 23.0. The van der Waals surface area contributed by atoms with Crippen LogP contribution in [0.15, 0.2) is 53.4 Å². The van der Waals surface area contributed by atoms with Gasteiger partial charge in [-0.3, -0.25) is 9.59 Å². The Bertz CT molecular complexity index is 788. The first-order valence-electron chi connectivity index (χ1n) is 10.2. The second-order valence-corrected chi connectivity index (χ2v) is 8.55. The van der Waals surface area contributed by atoms with Crippen LogP contribution in [0.4, 0.5) is 0 Å². The molecular weight excluding hydrogens is 380 g/mol. The van der Waals surface area contributed by atoms with Crippen LogP contribution in [0.1, 0.15) is 43.4 Å². The number of hydrogen-bond donors (Lipinski definition) is 1. The number of carbonyl (C=O) groups excluding carboxylic acids is 2. The maximum Gasteiger partial charge on any atom is 0.242 e. The van der Waals surface area contributed by atoms with Crippen LogP contribution in [0, 0.1) is 13.8 Å². The van der Waals surface area contributed by atoms with E-state index in [-0.39, 0.29) is 11.8 Å². The van der Waals surface area contributed by atoms with Crippen LogP contribution >= 0.6 is 11.8 Å². The molecule has 1 N–H and O–H groups in total. The minimum atomic E-state index is -0.500. The molecule has 0 spiro atoms. The zero-order chi connectivity index (χ0) is 21.2. The van der Waals surface area contributed by atoms with Gasteiger partial charge in [-0.2, -0.15) is 0 Å². The van der Waals surface area contributed by atoms with E-state index in [2.05, 4.69) is 36.5 Å². The third kappa shape index (κ3) is 7.58. The molecule has 2 amide bonds. The second kappa shape index (κ2) is 11.7. The molecule has 4 nitrogen and oxygen atoms in total. The van der Waals surface area contributed by atoms with Crippen molar-refractivity contribution in [3.05, 3.63) is 65.2 Å². The molecular formula is C24H32N2O2S. The Balaban J connectivity index is 2.03. The number of nitrogens with zero attached hydrogens (tertiary/aromatic N) is 1. The summed E-state index contributed by atoms with van der Waals surface area (Å²) in [5.74, 6) is 0.595. The summed E-state index contributed by atoms with van der Waals surface area (Å²) in [6, 6.07) is 15.9. The Kier molecular flexibility index (Phi) is 9.26. The van der Waals surface area contributed by atoms with Gasteiger partial charge in [0.25, 0.3) is 0 Å². The molecule has 0 aromatic heterocycles. The number of rotatable bonds is 10. The molecule has 1 atom stereocenters. The standard InChI is InChI=1S/C24H32N2O2S/c1-5-15-25-24(28)20(4)26(17-21-10-6-18(2)7-11-21)23(27)14-16-29-22-12-8-19(3)9-13-22/h6-13,20H,5,14-17H2,1-4H3,(H,25,28)/t20-/m0/s1. The van der Waals surface area contributed by atoms with Crippen molar-refractivity contribution in [2.45, 2.75) is 58.0 Å². The summed E-state index contributed by atoms with van der Waals surface area (Å²) >= 11 is 1.67. The Morgan fingerprint density at radius 2 is 1.59 bits per heavy atom. The molecule has 5 heteroatoms. The van der Waals surface area contributed by atoms with Crippen LogP contribution in [-0.2, 0) is 16.1 Å². The molecule has 0 fully saturated rings. The summed E-state index contributed by atoms with van der Waals surface area (Å²) in [5.41, 5.74) is 3.43. The molecule has 0 saturated heterocycles. The van der Waals surface area contributed by atoms with E-state index in [1.54, 1.807) is 16.7 Å². The Labute approximate surface area is 179 Å². The van der Waals surface area contributed by atoms with Gasteiger partial charge in [-0.1, -0.05) is 54.4 Å². The van der Waals surface area contributed by atoms with Crippen molar-refractivity contribution in [3.8, 4) is 0 Å². The van der Waals surface area contributed by atoms with Crippen LogP contribution in [0.2, 0.25) is 0 Å². The highest BCUT2D eigenvalue weighted by Crippen LogP contribution is 2.20. The quantitative estimate of drug-likeness (QED) is 0.574. The van der Waals surface area contributed by atoms with E-state index in [1.165, 1.54) is 11.1 Å². The number of carbonyl (C=O) groups is 2. The van der Waals surface area contributed by atoms with Crippen LogP contribution in [0.25, 0.3) is 0 Å². The van der Waals surface area contributed by atoms with Gasteiger partial charge in [-0.25, -0.2) is 0 Å². The fraction of sp³-hybridized carbons (Fsp3) is 0.417. The van der Waals surface area contributed by atoms with E-state index in [1.807, 2.05) is 45.0 Å². The van der Waals surface area contributed by atoms with Crippen molar-refractivity contribution in [1.29, 1.82) is 0 Å². The zero-order valence-electron chi connectivity index (χ0n) is 17.9. The molecule has 0 bridgehead atoms. The molecule has 0 aliphatic rings. The third-order valence-corrected chi connectivity index (χ3v) is 5.81. The van der Waals surface area contributed by atoms with Crippen molar-refractivity contribution in [2.75, 3.05) is 12.3 Å². The fourth-order valence-corrected chi connectivity index (χ4v) is 3.74. The molecule has 0 radical (unpaired) electrons. The molecule has 156 valence electrons. The number of hydrogen-bond acceptors (Lipinski definition) is 3. The number of aryl methyl sites for hydroxylation is 2.